The summed E-state index contributed by atoms with van der Waals surface area (Å²) in [6.45, 7) is 5.74. The van der Waals surface area contributed by atoms with Crippen molar-refractivity contribution < 1.29 is 14.3 Å². The summed E-state index contributed by atoms with van der Waals surface area (Å²) in [6, 6.07) is 11.7. The highest BCUT2D eigenvalue weighted by atomic mass is 16.5. The van der Waals surface area contributed by atoms with Crippen LogP contribution in [0.4, 0.5) is 0 Å². The highest BCUT2D eigenvalue weighted by Crippen LogP contribution is 2.24. The number of esters is 1. The fourth-order valence-corrected chi connectivity index (χ4v) is 2.71. The topological polar surface area (TPSA) is 78.3 Å². The molecule has 1 unspecified atom stereocenters. The van der Waals surface area contributed by atoms with Crippen LogP contribution in [0.5, 0.6) is 0 Å². The van der Waals surface area contributed by atoms with Crippen LogP contribution in [0.3, 0.4) is 0 Å². The van der Waals surface area contributed by atoms with Gasteiger partial charge < -0.3 is 4.74 Å². The summed E-state index contributed by atoms with van der Waals surface area (Å²) in [6.07, 6.45) is 0.384. The van der Waals surface area contributed by atoms with Gasteiger partial charge in [0.05, 0.1) is 24.3 Å². The van der Waals surface area contributed by atoms with Gasteiger partial charge >= 0.3 is 5.97 Å². The van der Waals surface area contributed by atoms with E-state index in [1.165, 1.54) is 10.7 Å². The zero-order chi connectivity index (χ0) is 19.1. The smallest absolute Gasteiger partial charge is 0.305 e. The van der Waals surface area contributed by atoms with Crippen molar-refractivity contribution in [2.24, 2.45) is 0 Å². The first-order valence-corrected chi connectivity index (χ1v) is 8.78. The highest BCUT2D eigenvalue weighted by Gasteiger charge is 2.25. The van der Waals surface area contributed by atoms with Crippen molar-refractivity contribution in [1.29, 1.82) is 0 Å². The number of carbonyl (C=O) groups excluding carboxylic acids is 2. The molecule has 0 aliphatic heterocycles. The van der Waals surface area contributed by atoms with E-state index >= 15 is 0 Å². The molecule has 1 aromatic heterocycles. The third-order valence-electron chi connectivity index (χ3n) is 4.01. The van der Waals surface area contributed by atoms with Crippen LogP contribution in [0.1, 0.15) is 61.6 Å². The van der Waals surface area contributed by atoms with E-state index in [9.17, 15) is 14.4 Å². The molecule has 0 saturated carbocycles. The molecule has 1 atom stereocenters. The molecule has 0 aliphatic carbocycles. The predicted molar refractivity (Wildman–Crippen MR) is 98.3 cm³/mol. The monoisotopic (exact) mass is 356 g/mol. The lowest BCUT2D eigenvalue weighted by Gasteiger charge is -2.17. The maximum absolute atomic E-state index is 13.0. The SMILES string of the molecule is CCOC(=O)CCC(C(=O)c1ccccc1)c1ccc(=O)n(C(C)C)n1. The number of benzene rings is 1. The minimum absolute atomic E-state index is 0.111. The number of rotatable bonds is 8. The van der Waals surface area contributed by atoms with Crippen molar-refractivity contribution >= 4 is 11.8 Å². The number of hydrogen-bond acceptors (Lipinski definition) is 5. The molecule has 2 rings (SSSR count). The summed E-state index contributed by atoms with van der Waals surface area (Å²) in [5, 5.41) is 4.37. The Kier molecular flexibility index (Phi) is 6.83. The molecule has 6 nitrogen and oxygen atoms in total. The first-order valence-electron chi connectivity index (χ1n) is 8.78. The van der Waals surface area contributed by atoms with E-state index in [4.69, 9.17) is 4.74 Å². The molecule has 0 radical (unpaired) electrons. The summed E-state index contributed by atoms with van der Waals surface area (Å²) in [5.41, 5.74) is 0.807. The first-order chi connectivity index (χ1) is 12.4. The number of Topliss-reactive ketones (excluding diaryl/α,β-unsaturated/α-hetero) is 1. The van der Waals surface area contributed by atoms with Crippen molar-refractivity contribution in [2.75, 3.05) is 6.61 Å². The molecule has 1 heterocycles. The van der Waals surface area contributed by atoms with Gasteiger partial charge in [0.2, 0.25) is 0 Å². The Morgan fingerprint density at radius 2 is 1.81 bits per heavy atom. The van der Waals surface area contributed by atoms with Crippen LogP contribution in [0, 0.1) is 0 Å². The molecule has 0 aliphatic rings. The van der Waals surface area contributed by atoms with Gasteiger partial charge in [-0.1, -0.05) is 30.3 Å². The van der Waals surface area contributed by atoms with Crippen molar-refractivity contribution in [2.45, 2.75) is 45.6 Å². The average Bonchev–Trinajstić information content (AvgIpc) is 2.63. The third-order valence-corrected chi connectivity index (χ3v) is 4.01. The van der Waals surface area contributed by atoms with E-state index < -0.39 is 5.92 Å². The summed E-state index contributed by atoms with van der Waals surface area (Å²) in [5.74, 6) is -1.10. The van der Waals surface area contributed by atoms with Crippen molar-refractivity contribution in [3.05, 3.63) is 64.1 Å². The lowest BCUT2D eigenvalue weighted by Crippen LogP contribution is -2.27. The number of carbonyl (C=O) groups is 2. The minimum atomic E-state index is -0.618. The summed E-state index contributed by atoms with van der Waals surface area (Å²) >= 11 is 0. The van der Waals surface area contributed by atoms with Gasteiger partial charge in [0, 0.05) is 18.1 Å². The molecule has 2 aromatic rings. The largest absolute Gasteiger partial charge is 0.466 e. The van der Waals surface area contributed by atoms with Gasteiger partial charge in [-0.3, -0.25) is 14.4 Å². The van der Waals surface area contributed by atoms with Gasteiger partial charge in [-0.15, -0.1) is 0 Å². The first kappa shape index (κ1) is 19.6. The molecule has 0 fully saturated rings. The van der Waals surface area contributed by atoms with E-state index in [0.717, 1.165) is 0 Å². The quantitative estimate of drug-likeness (QED) is 0.536. The lowest BCUT2D eigenvalue weighted by molar-refractivity contribution is -0.143. The normalized spacial score (nSPS) is 12.0. The molecule has 0 bridgehead atoms. The molecule has 0 N–H and O–H groups in total. The molecule has 138 valence electrons. The molecular formula is C20H24N2O4. The Balaban J connectivity index is 2.37. The van der Waals surface area contributed by atoms with Gasteiger partial charge in [0.1, 0.15) is 0 Å². The van der Waals surface area contributed by atoms with E-state index in [2.05, 4.69) is 5.10 Å². The fourth-order valence-electron chi connectivity index (χ4n) is 2.71. The van der Waals surface area contributed by atoms with Gasteiger partial charge in [0.25, 0.3) is 5.56 Å². The average molecular weight is 356 g/mol. The van der Waals surface area contributed by atoms with Crippen LogP contribution in [-0.4, -0.2) is 28.1 Å². The van der Waals surface area contributed by atoms with Crippen LogP contribution in [0.2, 0.25) is 0 Å². The molecule has 26 heavy (non-hydrogen) atoms. The van der Waals surface area contributed by atoms with E-state index in [1.807, 2.05) is 19.9 Å². The van der Waals surface area contributed by atoms with Crippen molar-refractivity contribution in [1.82, 2.24) is 9.78 Å². The number of nitrogens with zero attached hydrogens (tertiary/aromatic N) is 2. The number of ketones is 1. The molecule has 1 aromatic carbocycles. The van der Waals surface area contributed by atoms with Crippen LogP contribution < -0.4 is 5.56 Å². The Labute approximate surface area is 152 Å². The van der Waals surface area contributed by atoms with Gasteiger partial charge in [0.15, 0.2) is 5.78 Å². The Bertz CT molecular complexity index is 812. The Morgan fingerprint density at radius 3 is 2.42 bits per heavy atom. The van der Waals surface area contributed by atoms with Crippen LogP contribution in [-0.2, 0) is 9.53 Å². The second kappa shape index (κ2) is 9.08. The molecule has 0 saturated heterocycles. The van der Waals surface area contributed by atoms with Crippen molar-refractivity contribution in [3.8, 4) is 0 Å². The maximum Gasteiger partial charge on any atom is 0.305 e. The van der Waals surface area contributed by atoms with E-state index in [-0.39, 0.29) is 36.2 Å². The lowest BCUT2D eigenvalue weighted by atomic mass is 9.90. The van der Waals surface area contributed by atoms with Crippen LogP contribution in [0.25, 0.3) is 0 Å². The van der Waals surface area contributed by atoms with Gasteiger partial charge in [-0.2, -0.15) is 5.10 Å². The Hall–Kier alpha value is -2.76. The van der Waals surface area contributed by atoms with Crippen LogP contribution >= 0.6 is 0 Å². The Morgan fingerprint density at radius 1 is 1.12 bits per heavy atom. The predicted octanol–water partition coefficient (Wildman–Crippen LogP) is 3.13. The standard InChI is InChI=1S/C20H24N2O4/c1-4-26-19(24)13-10-16(20(25)15-8-6-5-7-9-15)17-11-12-18(23)22(21-17)14(2)3/h5-9,11-12,14,16H,4,10,13H2,1-3H3. The summed E-state index contributed by atoms with van der Waals surface area (Å²) < 4.78 is 6.32. The zero-order valence-corrected chi connectivity index (χ0v) is 15.3. The van der Waals surface area contributed by atoms with Gasteiger partial charge in [-0.25, -0.2) is 4.68 Å². The van der Waals surface area contributed by atoms with Gasteiger partial charge in [-0.05, 0) is 33.3 Å². The zero-order valence-electron chi connectivity index (χ0n) is 15.3. The fraction of sp³-hybridized carbons (Fsp3) is 0.400. The number of hydrogen-bond donors (Lipinski definition) is 0. The minimum Gasteiger partial charge on any atom is -0.466 e. The molecule has 0 spiro atoms. The number of aromatic nitrogens is 2. The summed E-state index contributed by atoms with van der Waals surface area (Å²) in [4.78, 5) is 36.7. The molecule has 0 amide bonds. The molecular weight excluding hydrogens is 332 g/mol. The second-order valence-corrected chi connectivity index (χ2v) is 6.26. The second-order valence-electron chi connectivity index (χ2n) is 6.26. The number of ether oxygens (including phenoxy) is 1. The maximum atomic E-state index is 13.0. The molecule has 6 heteroatoms. The highest BCUT2D eigenvalue weighted by molar-refractivity contribution is 6.00. The summed E-state index contributed by atoms with van der Waals surface area (Å²) in [7, 11) is 0. The van der Waals surface area contributed by atoms with Crippen molar-refractivity contribution in [3.63, 3.8) is 0 Å². The third kappa shape index (κ3) is 4.88. The van der Waals surface area contributed by atoms with Crippen LogP contribution in [0.15, 0.2) is 47.3 Å². The van der Waals surface area contributed by atoms with E-state index in [1.54, 1.807) is 37.3 Å². The van der Waals surface area contributed by atoms with E-state index in [0.29, 0.717) is 17.9 Å².